The topological polar surface area (TPSA) is 120 Å². The fourth-order valence-electron chi connectivity index (χ4n) is 4.69. The van der Waals surface area contributed by atoms with Crippen LogP contribution < -0.4 is 15.4 Å². The molecular weight excluding hydrogens is 596 g/mol. The minimum absolute atomic E-state index is 0.0422. The molecule has 9 nitrogen and oxygen atoms in total. The summed E-state index contributed by atoms with van der Waals surface area (Å²) in [5, 5.41) is 5.85. The molecule has 45 heavy (non-hydrogen) atoms. The van der Waals surface area contributed by atoms with Crippen LogP contribution in [0.1, 0.15) is 51.7 Å². The zero-order chi connectivity index (χ0) is 32.9. The Morgan fingerprint density at radius 1 is 1.02 bits per heavy atom. The van der Waals surface area contributed by atoms with Crippen LogP contribution in [0, 0.1) is 17.8 Å². The molecular formula is C35H43ClN2O7. The van der Waals surface area contributed by atoms with Gasteiger partial charge in [-0.25, -0.2) is 4.79 Å². The number of hydrogen-bond acceptors (Lipinski definition) is 7. The Balaban J connectivity index is 1.89. The lowest BCUT2D eigenvalue weighted by Gasteiger charge is -2.26. The van der Waals surface area contributed by atoms with E-state index < -0.39 is 47.9 Å². The molecule has 10 heteroatoms. The highest BCUT2D eigenvalue weighted by Crippen LogP contribution is 2.26. The van der Waals surface area contributed by atoms with E-state index in [2.05, 4.69) is 10.6 Å². The molecule has 0 aliphatic carbocycles. The van der Waals surface area contributed by atoms with Gasteiger partial charge in [0, 0.05) is 25.3 Å². The lowest BCUT2D eigenvalue weighted by atomic mass is 9.99. The van der Waals surface area contributed by atoms with E-state index in [-0.39, 0.29) is 37.6 Å². The van der Waals surface area contributed by atoms with Crippen LogP contribution in [-0.2, 0) is 35.1 Å². The summed E-state index contributed by atoms with van der Waals surface area (Å²) >= 11 is 6.29. The van der Waals surface area contributed by atoms with Crippen molar-refractivity contribution in [3.05, 3.63) is 82.9 Å². The van der Waals surface area contributed by atoms with Crippen molar-refractivity contribution in [3.8, 4) is 5.75 Å². The van der Waals surface area contributed by atoms with Crippen LogP contribution in [0.25, 0.3) is 6.08 Å². The summed E-state index contributed by atoms with van der Waals surface area (Å²) in [4.78, 5) is 52.7. The first-order chi connectivity index (χ1) is 21.5. The molecule has 2 amide bonds. The Labute approximate surface area is 270 Å². The van der Waals surface area contributed by atoms with E-state index in [0.717, 1.165) is 5.56 Å². The zero-order valence-corrected chi connectivity index (χ0v) is 27.2. The Kier molecular flexibility index (Phi) is 13.7. The Morgan fingerprint density at radius 3 is 2.42 bits per heavy atom. The molecule has 0 aromatic heterocycles. The average Bonchev–Trinajstić information content (AvgIpc) is 3.01. The number of esters is 2. The first-order valence-corrected chi connectivity index (χ1v) is 15.6. The maximum absolute atomic E-state index is 13.4. The van der Waals surface area contributed by atoms with Gasteiger partial charge in [0.2, 0.25) is 11.8 Å². The number of ether oxygens (including phenoxy) is 3. The van der Waals surface area contributed by atoms with E-state index in [4.69, 9.17) is 25.8 Å². The number of cyclic esters (lactones) is 2. The predicted octanol–water partition coefficient (Wildman–Crippen LogP) is 5.31. The minimum Gasteiger partial charge on any atom is -0.495 e. The van der Waals surface area contributed by atoms with Crippen LogP contribution >= 0.6 is 11.6 Å². The van der Waals surface area contributed by atoms with Crippen LogP contribution in [-0.4, -0.2) is 55.7 Å². The molecule has 1 aliphatic rings. The predicted molar refractivity (Wildman–Crippen MR) is 173 cm³/mol. The first kappa shape index (κ1) is 35.4. The van der Waals surface area contributed by atoms with E-state index in [9.17, 15) is 19.2 Å². The van der Waals surface area contributed by atoms with E-state index >= 15 is 0 Å². The number of benzene rings is 2. The summed E-state index contributed by atoms with van der Waals surface area (Å²) in [5.41, 5.74) is 1.69. The van der Waals surface area contributed by atoms with Gasteiger partial charge in [0.15, 0.2) is 6.10 Å². The fourth-order valence-corrected chi connectivity index (χ4v) is 4.97. The molecule has 0 spiro atoms. The van der Waals surface area contributed by atoms with Crippen molar-refractivity contribution in [1.82, 2.24) is 10.6 Å². The molecule has 2 N–H and O–H groups in total. The van der Waals surface area contributed by atoms with Gasteiger partial charge >= 0.3 is 11.9 Å². The lowest BCUT2D eigenvalue weighted by Crippen LogP contribution is -2.49. The van der Waals surface area contributed by atoms with Crippen LogP contribution in [0.5, 0.6) is 5.75 Å². The Hall–Kier alpha value is -4.11. The largest absolute Gasteiger partial charge is 0.495 e. The Morgan fingerprint density at radius 2 is 1.76 bits per heavy atom. The van der Waals surface area contributed by atoms with Crippen molar-refractivity contribution >= 4 is 41.4 Å². The first-order valence-electron chi connectivity index (χ1n) is 15.2. The SMILES string of the molecule is COc1ccc(C[C@H]2NC(=O)/C=C/CC([C@H](C)/C=C/c3ccccc3)OC(=O)[C@H](CC(C)C)OC(=O)[C@H](C)CNC2=O)cc1Cl. The van der Waals surface area contributed by atoms with Gasteiger partial charge in [-0.15, -0.1) is 0 Å². The molecule has 1 unspecified atom stereocenters. The molecule has 242 valence electrons. The van der Waals surface area contributed by atoms with Gasteiger partial charge in [0.1, 0.15) is 17.9 Å². The normalized spacial score (nSPS) is 23.5. The van der Waals surface area contributed by atoms with Crippen molar-refractivity contribution < 1.29 is 33.4 Å². The molecule has 1 aliphatic heterocycles. The minimum atomic E-state index is -1.11. The number of hydrogen-bond donors (Lipinski definition) is 2. The van der Waals surface area contributed by atoms with Crippen molar-refractivity contribution in [2.75, 3.05) is 13.7 Å². The molecule has 5 atom stereocenters. The van der Waals surface area contributed by atoms with Crippen LogP contribution in [0.3, 0.4) is 0 Å². The molecule has 0 bridgehead atoms. The summed E-state index contributed by atoms with van der Waals surface area (Å²) in [5.74, 6) is -2.74. The quantitative estimate of drug-likeness (QED) is 0.376. The highest BCUT2D eigenvalue weighted by molar-refractivity contribution is 6.32. The number of carbonyl (C=O) groups is 4. The Bertz CT molecular complexity index is 1380. The van der Waals surface area contributed by atoms with Gasteiger partial charge in [0.25, 0.3) is 0 Å². The number of carbonyl (C=O) groups excluding carboxylic acids is 4. The highest BCUT2D eigenvalue weighted by atomic mass is 35.5. The third kappa shape index (κ3) is 11.4. The molecule has 0 radical (unpaired) electrons. The number of rotatable bonds is 8. The molecule has 0 fully saturated rings. The summed E-state index contributed by atoms with van der Waals surface area (Å²) in [6.07, 6.45) is 5.68. The molecule has 0 saturated carbocycles. The van der Waals surface area contributed by atoms with E-state index in [1.165, 1.54) is 13.2 Å². The smallest absolute Gasteiger partial charge is 0.347 e. The van der Waals surface area contributed by atoms with E-state index in [1.807, 2.05) is 63.3 Å². The highest BCUT2D eigenvalue weighted by Gasteiger charge is 2.31. The van der Waals surface area contributed by atoms with Crippen LogP contribution in [0.2, 0.25) is 5.02 Å². The maximum atomic E-state index is 13.4. The van der Waals surface area contributed by atoms with Gasteiger partial charge in [-0.2, -0.15) is 0 Å². The summed E-state index contributed by atoms with van der Waals surface area (Å²) in [6.45, 7) is 7.29. The monoisotopic (exact) mass is 638 g/mol. The van der Waals surface area contributed by atoms with Crippen LogP contribution in [0.4, 0.5) is 0 Å². The van der Waals surface area contributed by atoms with Crippen molar-refractivity contribution in [3.63, 3.8) is 0 Å². The fraction of sp³-hybridized carbons (Fsp3) is 0.429. The third-order valence-corrected chi connectivity index (χ3v) is 7.66. The number of halogens is 1. The van der Waals surface area contributed by atoms with Crippen molar-refractivity contribution in [1.29, 1.82) is 0 Å². The zero-order valence-electron chi connectivity index (χ0n) is 26.5. The molecule has 2 aromatic rings. The second kappa shape index (κ2) is 17.4. The molecule has 3 rings (SSSR count). The third-order valence-electron chi connectivity index (χ3n) is 7.36. The molecule has 1 heterocycles. The van der Waals surface area contributed by atoms with Gasteiger partial charge in [-0.05, 0) is 41.7 Å². The number of methoxy groups -OCH3 is 1. The summed E-state index contributed by atoms with van der Waals surface area (Å²) in [7, 11) is 1.51. The number of amides is 2. The molecule has 0 saturated heterocycles. The second-order valence-corrected chi connectivity index (χ2v) is 12.1. The second-order valence-electron chi connectivity index (χ2n) is 11.7. The van der Waals surface area contributed by atoms with Gasteiger partial charge in [-0.3, -0.25) is 14.4 Å². The molecule has 2 aromatic carbocycles. The maximum Gasteiger partial charge on any atom is 0.347 e. The summed E-state index contributed by atoms with van der Waals surface area (Å²) in [6, 6.07) is 13.9. The lowest BCUT2D eigenvalue weighted by molar-refractivity contribution is -0.175. The van der Waals surface area contributed by atoms with E-state index in [0.29, 0.717) is 16.3 Å². The average molecular weight is 639 g/mol. The number of nitrogens with one attached hydrogen (secondary N) is 2. The van der Waals surface area contributed by atoms with Gasteiger partial charge in [-0.1, -0.05) is 93.9 Å². The summed E-state index contributed by atoms with van der Waals surface area (Å²) < 4.78 is 16.8. The van der Waals surface area contributed by atoms with Gasteiger partial charge in [0.05, 0.1) is 18.1 Å². The van der Waals surface area contributed by atoms with Crippen LogP contribution in [0.15, 0.2) is 66.8 Å². The van der Waals surface area contributed by atoms with Crippen molar-refractivity contribution in [2.24, 2.45) is 17.8 Å². The van der Waals surface area contributed by atoms with E-state index in [1.54, 1.807) is 31.2 Å². The standard InChI is InChI=1S/C35H43ClN2O7/c1-22(2)18-31-35(42)44-29(23(3)14-15-25-10-7-6-8-11-25)12-9-13-32(39)38-28(33(40)37-21-24(4)34(41)45-31)20-26-16-17-30(43-5)27(36)19-26/h6-11,13-17,19,22-24,28-29,31H,12,18,20-21H2,1-5H3,(H,37,40)(H,38,39)/b13-9+,15-14+/t23-,24-,28-,29?,31+/m1/s1. The van der Waals surface area contributed by atoms with Crippen molar-refractivity contribution in [2.45, 2.75) is 65.2 Å². The van der Waals surface area contributed by atoms with Gasteiger partial charge < -0.3 is 24.8 Å².